The number of H-pyrrole nitrogens is 2. The number of nitrogens with one attached hydrogen (secondary N) is 3. The van der Waals surface area contributed by atoms with E-state index >= 15 is 0 Å². The maximum absolute atomic E-state index is 6.80. The van der Waals surface area contributed by atoms with Crippen LogP contribution in [-0.2, 0) is 0 Å². The van der Waals surface area contributed by atoms with Gasteiger partial charge in [-0.2, -0.15) is 0 Å². The van der Waals surface area contributed by atoms with Crippen molar-refractivity contribution in [3.63, 3.8) is 0 Å². The van der Waals surface area contributed by atoms with Crippen LogP contribution < -0.4 is 54.8 Å². The summed E-state index contributed by atoms with van der Waals surface area (Å²) < 4.78 is 27.1. The van der Waals surface area contributed by atoms with Crippen LogP contribution in [0.4, 0.5) is 34.4 Å². The maximum Gasteiger partial charge on any atom is 0.168 e. The van der Waals surface area contributed by atoms with Gasteiger partial charge in [0.2, 0.25) is 0 Å². The van der Waals surface area contributed by atoms with Crippen molar-refractivity contribution in [3.8, 4) is 46.0 Å². The molecule has 5 heterocycles. The number of amidine groups is 3. The fraction of sp³-hybridized carbons (Fsp3) is 0.141. The summed E-state index contributed by atoms with van der Waals surface area (Å²) in [5.41, 5.74) is 8.10. The SMILES string of the molecule is CN(C)c1ccc(Oc2cccc3c2C2=N/C3=N\c3[nH]c(c4cccc(Oc5ccc(N(C)C)cc5)c34)NC3N=C(N=c4[nH]c(c5cccc(Oc6ccc(N(C)C)cc6)c45)=N2)c2cccc(Oc4ccc(N(C)C)cc4)c23)cc1. The van der Waals surface area contributed by atoms with Gasteiger partial charge in [0.25, 0.3) is 0 Å². The van der Waals surface area contributed by atoms with E-state index in [0.717, 1.165) is 55.6 Å². The van der Waals surface area contributed by atoms with Crippen molar-refractivity contribution in [2.24, 2.45) is 25.0 Å². The molecule has 10 aromatic rings. The highest BCUT2D eigenvalue weighted by atomic mass is 16.5. The number of aliphatic imine (C=N–C) groups is 3. The first-order valence-electron chi connectivity index (χ1n) is 26.2. The molecule has 3 aliphatic rings. The molecule has 16 heteroatoms. The lowest BCUT2D eigenvalue weighted by molar-refractivity contribution is 0.473. The molecule has 2 aromatic heterocycles. The zero-order valence-corrected chi connectivity index (χ0v) is 45.4. The predicted octanol–water partition coefficient (Wildman–Crippen LogP) is 12.7. The molecule has 13 rings (SSSR count). The molecular formula is C64H56N12O4. The number of benzene rings is 8. The number of hydrogen-bond acceptors (Lipinski definition) is 14. The van der Waals surface area contributed by atoms with E-state index in [1.165, 1.54) is 0 Å². The van der Waals surface area contributed by atoms with Crippen LogP contribution in [0.3, 0.4) is 0 Å². The lowest BCUT2D eigenvalue weighted by Gasteiger charge is -2.18. The van der Waals surface area contributed by atoms with Crippen molar-refractivity contribution >= 4 is 73.4 Å². The number of ether oxygens (including phenoxy) is 4. The Morgan fingerprint density at radius 2 is 0.825 bits per heavy atom. The second-order valence-corrected chi connectivity index (χ2v) is 20.5. The quantitative estimate of drug-likeness (QED) is 0.108. The van der Waals surface area contributed by atoms with Gasteiger partial charge in [-0.05, 0) is 121 Å². The Balaban J connectivity index is 1.05. The number of aromatic nitrogens is 2. The second-order valence-electron chi connectivity index (χ2n) is 20.5. The van der Waals surface area contributed by atoms with Crippen molar-refractivity contribution in [3.05, 3.63) is 203 Å². The topological polar surface area (TPSA) is 155 Å². The first kappa shape index (κ1) is 49.2. The van der Waals surface area contributed by atoms with Crippen LogP contribution in [0.1, 0.15) is 28.4 Å². The van der Waals surface area contributed by atoms with Crippen LogP contribution in [0, 0.1) is 0 Å². The Morgan fingerprint density at radius 1 is 0.375 bits per heavy atom. The van der Waals surface area contributed by atoms with E-state index in [2.05, 4.69) is 30.0 Å². The molecule has 8 bridgehead atoms. The van der Waals surface area contributed by atoms with Crippen molar-refractivity contribution in [2.45, 2.75) is 6.17 Å². The summed E-state index contributed by atoms with van der Waals surface area (Å²) in [6.07, 6.45) is -0.709. The third kappa shape index (κ3) is 9.11. The molecule has 0 aliphatic carbocycles. The molecule has 396 valence electrons. The molecule has 0 spiro atoms. The molecule has 1 unspecified atom stereocenters. The smallest absolute Gasteiger partial charge is 0.168 e. The highest BCUT2D eigenvalue weighted by molar-refractivity contribution is 6.25. The molecule has 16 nitrogen and oxygen atoms in total. The summed E-state index contributed by atoms with van der Waals surface area (Å²) in [5, 5.41) is 6.77. The summed E-state index contributed by atoms with van der Waals surface area (Å²) in [6, 6.07) is 55.6. The molecule has 3 aliphatic heterocycles. The Labute approximate surface area is 461 Å². The molecular weight excluding hydrogens is 1000 g/mol. The standard InChI is InChI=1S/C64H56N12O4/c1-73(2)37-21-29-41(30-22-37)77-49-17-9-13-45-53(49)61-65-57(45)70-62-55-47(15-11-19-51(55)79-43-33-25-39(26-34-43)75(5)6)59(67-62)72-64-56-48(16-12-20-52(56)80-44-35-27-40(28-36-44)76(7)8)60(68-64)71-63-54-46(58(66-63)69-61)14-10-18-50(54)78-42-31-23-38(24-32-42)74(3)4/h9-36,61,66,69H,1-8H3,(H,65,67,68,70,71,72). The Hall–Kier alpha value is -10.4. The number of aromatic amines is 2. The summed E-state index contributed by atoms with van der Waals surface area (Å²) in [6.45, 7) is 0. The largest absolute Gasteiger partial charge is 0.457 e. The van der Waals surface area contributed by atoms with E-state index in [4.69, 9.17) is 43.9 Å². The highest BCUT2D eigenvalue weighted by Gasteiger charge is 2.33. The fourth-order valence-electron chi connectivity index (χ4n) is 10.2. The van der Waals surface area contributed by atoms with Gasteiger partial charge in [0.15, 0.2) is 23.7 Å². The summed E-state index contributed by atoms with van der Waals surface area (Å²) >= 11 is 0. The van der Waals surface area contributed by atoms with E-state index in [-0.39, 0.29) is 0 Å². The first-order chi connectivity index (χ1) is 38.9. The minimum absolute atomic E-state index is 0.377. The number of nitrogens with zero attached hydrogens (tertiary/aromatic N) is 9. The van der Waals surface area contributed by atoms with E-state index in [9.17, 15) is 0 Å². The number of fused-ring (bicyclic) bond motifs is 18. The number of anilines is 5. The average molecular weight is 1060 g/mol. The summed E-state index contributed by atoms with van der Waals surface area (Å²) in [5.74, 6) is 7.33. The van der Waals surface area contributed by atoms with E-state index in [0.29, 0.717) is 97.1 Å². The van der Waals surface area contributed by atoms with Crippen LogP contribution in [0.2, 0.25) is 0 Å². The van der Waals surface area contributed by atoms with Crippen molar-refractivity contribution in [1.29, 1.82) is 0 Å². The number of rotatable bonds is 12. The van der Waals surface area contributed by atoms with E-state index in [1.54, 1.807) is 0 Å². The highest BCUT2D eigenvalue weighted by Crippen LogP contribution is 2.46. The summed E-state index contributed by atoms with van der Waals surface area (Å²) in [7, 11) is 16.1. The van der Waals surface area contributed by atoms with Crippen LogP contribution >= 0.6 is 0 Å². The average Bonchev–Trinajstić information content (AvgIpc) is 4.21. The van der Waals surface area contributed by atoms with Crippen molar-refractivity contribution in [1.82, 2.24) is 9.97 Å². The maximum atomic E-state index is 6.80. The van der Waals surface area contributed by atoms with Crippen molar-refractivity contribution < 1.29 is 18.9 Å². The van der Waals surface area contributed by atoms with Gasteiger partial charge in [-0.1, -0.05) is 48.5 Å². The molecule has 3 N–H and O–H groups in total. The third-order valence-electron chi connectivity index (χ3n) is 14.3. The molecule has 0 radical (unpaired) electrons. The van der Waals surface area contributed by atoms with Gasteiger partial charge in [-0.25, -0.2) is 25.0 Å². The van der Waals surface area contributed by atoms with Gasteiger partial charge >= 0.3 is 0 Å². The predicted molar refractivity (Wildman–Crippen MR) is 321 cm³/mol. The van der Waals surface area contributed by atoms with Gasteiger partial charge in [0.05, 0.1) is 21.9 Å². The van der Waals surface area contributed by atoms with Gasteiger partial charge < -0.3 is 53.8 Å². The van der Waals surface area contributed by atoms with Gasteiger partial charge in [0.1, 0.15) is 68.6 Å². The third-order valence-corrected chi connectivity index (χ3v) is 14.3. The lowest BCUT2D eigenvalue weighted by atomic mass is 10.1. The molecule has 0 amide bonds. The fourth-order valence-corrected chi connectivity index (χ4v) is 10.2. The number of hydrogen-bond donors (Lipinski definition) is 3. The molecule has 1 atom stereocenters. The Bertz CT molecular complexity index is 4270. The Kier molecular flexibility index (Phi) is 12.2. The van der Waals surface area contributed by atoms with Gasteiger partial charge in [-0.15, -0.1) is 0 Å². The van der Waals surface area contributed by atoms with Gasteiger partial charge in [0, 0.05) is 101 Å². The normalized spacial score (nSPS) is 14.6. The molecule has 0 fully saturated rings. The first-order valence-corrected chi connectivity index (χ1v) is 26.2. The zero-order valence-electron chi connectivity index (χ0n) is 45.4. The monoisotopic (exact) mass is 1060 g/mol. The second kappa shape index (κ2) is 19.9. The lowest BCUT2D eigenvalue weighted by Crippen LogP contribution is -2.15. The minimum atomic E-state index is -0.709. The van der Waals surface area contributed by atoms with Crippen LogP contribution in [0.5, 0.6) is 46.0 Å². The molecule has 80 heavy (non-hydrogen) atoms. The van der Waals surface area contributed by atoms with Crippen LogP contribution in [-0.4, -0.2) is 83.9 Å². The van der Waals surface area contributed by atoms with E-state index in [1.807, 2.05) is 231 Å². The van der Waals surface area contributed by atoms with Gasteiger partial charge in [-0.3, -0.25) is 0 Å². The minimum Gasteiger partial charge on any atom is -0.457 e. The van der Waals surface area contributed by atoms with Crippen molar-refractivity contribution in [2.75, 3.05) is 81.3 Å². The van der Waals surface area contributed by atoms with Crippen LogP contribution in [0.15, 0.2) is 195 Å². The van der Waals surface area contributed by atoms with Crippen LogP contribution in [0.25, 0.3) is 21.5 Å². The molecule has 8 aromatic carbocycles. The Morgan fingerprint density at radius 3 is 1.38 bits per heavy atom. The van der Waals surface area contributed by atoms with E-state index < -0.39 is 6.17 Å². The summed E-state index contributed by atoms with van der Waals surface area (Å²) in [4.78, 5) is 42.5. The zero-order chi connectivity index (χ0) is 54.8. The molecule has 0 saturated carbocycles. The molecule has 0 saturated heterocycles.